The van der Waals surface area contributed by atoms with Crippen molar-refractivity contribution in [2.45, 2.75) is 51.2 Å². The number of fused-ring (bicyclic) bond motifs is 1. The summed E-state index contributed by atoms with van der Waals surface area (Å²) in [5.74, 6) is -1.38. The van der Waals surface area contributed by atoms with Gasteiger partial charge in [-0.2, -0.15) is 5.10 Å². The molecule has 2 aliphatic rings. The average molecular weight is 453 g/mol. The van der Waals surface area contributed by atoms with E-state index in [2.05, 4.69) is 25.3 Å². The quantitative estimate of drug-likeness (QED) is 0.604. The molecule has 2 aromatic heterocycles. The van der Waals surface area contributed by atoms with Crippen LogP contribution < -0.4 is 15.8 Å². The summed E-state index contributed by atoms with van der Waals surface area (Å²) in [6, 6.07) is 4.38. The van der Waals surface area contributed by atoms with Gasteiger partial charge >= 0.3 is 0 Å². The van der Waals surface area contributed by atoms with Crippen molar-refractivity contribution in [1.29, 1.82) is 0 Å². The molecule has 3 heterocycles. The summed E-state index contributed by atoms with van der Waals surface area (Å²) in [5.41, 5.74) is 0.0749. The van der Waals surface area contributed by atoms with Crippen LogP contribution in [0.2, 0.25) is 0 Å². The number of aromatic hydroxyl groups is 1. The van der Waals surface area contributed by atoms with Gasteiger partial charge < -0.3 is 15.3 Å². The molecule has 2 N–H and O–H groups in total. The van der Waals surface area contributed by atoms with E-state index in [9.17, 15) is 19.1 Å². The Bertz CT molecular complexity index is 1240. The zero-order chi connectivity index (χ0) is 22.9. The summed E-state index contributed by atoms with van der Waals surface area (Å²) in [6.45, 7) is 1.08. The second-order valence-electron chi connectivity index (χ2n) is 8.35. The third kappa shape index (κ3) is 3.94. The zero-order valence-electron chi connectivity index (χ0n) is 17.9. The number of anilines is 1. The molecule has 1 fully saturated rings. The van der Waals surface area contributed by atoms with Gasteiger partial charge in [-0.05, 0) is 30.5 Å². The predicted molar refractivity (Wildman–Crippen MR) is 117 cm³/mol. The Morgan fingerprint density at radius 3 is 2.79 bits per heavy atom. The van der Waals surface area contributed by atoms with E-state index < -0.39 is 23.0 Å². The molecule has 1 aromatic carbocycles. The van der Waals surface area contributed by atoms with Crippen molar-refractivity contribution in [2.75, 3.05) is 11.4 Å². The van der Waals surface area contributed by atoms with E-state index in [1.165, 1.54) is 46.5 Å². The van der Waals surface area contributed by atoms with Gasteiger partial charge in [0.1, 0.15) is 18.5 Å². The van der Waals surface area contributed by atoms with Gasteiger partial charge in [0.05, 0.1) is 5.69 Å². The number of benzene rings is 1. The number of hydrogen-bond donors (Lipinski definition) is 2. The van der Waals surface area contributed by atoms with Gasteiger partial charge in [0.2, 0.25) is 11.7 Å². The molecule has 0 spiro atoms. The first kappa shape index (κ1) is 21.1. The number of carbonyl (C=O) groups excluding carboxylic acids is 1. The van der Waals surface area contributed by atoms with Gasteiger partial charge in [-0.25, -0.2) is 19.0 Å². The van der Waals surface area contributed by atoms with Gasteiger partial charge in [-0.15, -0.1) is 0 Å². The fraction of sp³-hybridized carbons (Fsp3) is 0.409. The van der Waals surface area contributed by atoms with Crippen molar-refractivity contribution >= 4 is 11.9 Å². The summed E-state index contributed by atoms with van der Waals surface area (Å²) < 4.78 is 16.6. The third-order valence-electron chi connectivity index (χ3n) is 6.33. The van der Waals surface area contributed by atoms with Gasteiger partial charge in [0.15, 0.2) is 5.69 Å². The molecule has 0 atom stereocenters. The Kier molecular flexibility index (Phi) is 5.53. The van der Waals surface area contributed by atoms with Crippen LogP contribution in [0.15, 0.2) is 35.6 Å². The Hall–Kier alpha value is -3.76. The first-order chi connectivity index (χ1) is 16.0. The van der Waals surface area contributed by atoms with Gasteiger partial charge in [-0.1, -0.05) is 25.3 Å². The Labute approximate surface area is 188 Å². The summed E-state index contributed by atoms with van der Waals surface area (Å²) in [4.78, 5) is 36.0. The van der Waals surface area contributed by atoms with E-state index in [1.807, 2.05) is 0 Å². The molecule has 3 aromatic rings. The first-order valence-electron chi connectivity index (χ1n) is 11.0. The second kappa shape index (κ2) is 8.64. The van der Waals surface area contributed by atoms with E-state index in [1.54, 1.807) is 0 Å². The molecule has 10 nitrogen and oxygen atoms in total. The monoisotopic (exact) mass is 453 g/mol. The van der Waals surface area contributed by atoms with Crippen molar-refractivity contribution in [1.82, 2.24) is 29.6 Å². The van der Waals surface area contributed by atoms with E-state index in [4.69, 9.17) is 0 Å². The Balaban J connectivity index is 1.40. The molecule has 1 aliphatic carbocycles. The molecule has 5 rings (SSSR count). The fourth-order valence-corrected chi connectivity index (χ4v) is 4.65. The fourth-order valence-electron chi connectivity index (χ4n) is 4.65. The lowest BCUT2D eigenvalue weighted by Gasteiger charge is -2.31. The number of rotatable bonds is 5. The lowest BCUT2D eigenvalue weighted by molar-refractivity contribution is 0.0942. The van der Waals surface area contributed by atoms with Crippen LogP contribution in [0.3, 0.4) is 0 Å². The van der Waals surface area contributed by atoms with Crippen LogP contribution in [0.1, 0.15) is 48.2 Å². The molecule has 0 saturated heterocycles. The number of nitrogens with zero attached hydrogens (tertiary/aromatic N) is 6. The minimum Gasteiger partial charge on any atom is -0.501 e. The first-order valence-corrected chi connectivity index (χ1v) is 11.0. The molecular formula is C22H24FN7O3. The molecule has 0 unspecified atom stereocenters. The van der Waals surface area contributed by atoms with Crippen molar-refractivity contribution in [3.8, 4) is 11.4 Å². The summed E-state index contributed by atoms with van der Waals surface area (Å²) in [5, 5.41) is 17.1. The highest BCUT2D eigenvalue weighted by atomic mass is 19.1. The number of nitrogens with one attached hydrogen (secondary N) is 1. The summed E-state index contributed by atoms with van der Waals surface area (Å²) in [6.07, 6.45) is 8.25. The molecule has 1 amide bonds. The number of hydrogen-bond acceptors (Lipinski definition) is 7. The van der Waals surface area contributed by atoms with Crippen LogP contribution in [0.25, 0.3) is 5.69 Å². The van der Waals surface area contributed by atoms with Crippen LogP contribution in [0.4, 0.5) is 10.3 Å². The highest BCUT2D eigenvalue weighted by Crippen LogP contribution is 2.30. The molecule has 172 valence electrons. The molecular weight excluding hydrogens is 429 g/mol. The number of carbonyl (C=O) groups is 1. The van der Waals surface area contributed by atoms with Gasteiger partial charge in [0.25, 0.3) is 11.5 Å². The van der Waals surface area contributed by atoms with Crippen LogP contribution in [-0.4, -0.2) is 47.9 Å². The van der Waals surface area contributed by atoms with Crippen LogP contribution in [-0.2, 0) is 13.1 Å². The summed E-state index contributed by atoms with van der Waals surface area (Å²) in [7, 11) is 0. The van der Waals surface area contributed by atoms with Gasteiger partial charge in [-0.3, -0.25) is 14.2 Å². The van der Waals surface area contributed by atoms with Crippen LogP contribution in [0, 0.1) is 5.82 Å². The normalized spacial score (nSPS) is 16.1. The molecule has 11 heteroatoms. The minimum atomic E-state index is -0.683. The molecule has 0 radical (unpaired) electrons. The smallest absolute Gasteiger partial charge is 0.298 e. The maximum absolute atomic E-state index is 13.8. The van der Waals surface area contributed by atoms with Crippen molar-refractivity contribution in [3.05, 3.63) is 58.3 Å². The summed E-state index contributed by atoms with van der Waals surface area (Å²) >= 11 is 0. The Morgan fingerprint density at radius 2 is 2.03 bits per heavy atom. The SMILES string of the molecule is O=C(NCc1ccc(F)cc1-n1cncn1)c1nc2n(c(=O)c1O)CCN2C1CCCCC1. The van der Waals surface area contributed by atoms with Crippen molar-refractivity contribution in [2.24, 2.45) is 0 Å². The number of halogens is 1. The van der Waals surface area contributed by atoms with Crippen LogP contribution >= 0.6 is 0 Å². The lowest BCUT2D eigenvalue weighted by Crippen LogP contribution is -2.37. The Morgan fingerprint density at radius 1 is 1.21 bits per heavy atom. The lowest BCUT2D eigenvalue weighted by atomic mass is 9.94. The highest BCUT2D eigenvalue weighted by molar-refractivity contribution is 5.95. The van der Waals surface area contributed by atoms with E-state index in [0.717, 1.165) is 25.7 Å². The largest absolute Gasteiger partial charge is 0.501 e. The maximum atomic E-state index is 13.8. The average Bonchev–Trinajstić information content (AvgIpc) is 3.51. The van der Waals surface area contributed by atoms with E-state index in [0.29, 0.717) is 30.3 Å². The van der Waals surface area contributed by atoms with Crippen LogP contribution in [0.5, 0.6) is 5.75 Å². The second-order valence-corrected chi connectivity index (χ2v) is 8.35. The number of amides is 1. The third-order valence-corrected chi connectivity index (χ3v) is 6.33. The van der Waals surface area contributed by atoms with E-state index in [-0.39, 0.29) is 18.3 Å². The molecule has 1 saturated carbocycles. The van der Waals surface area contributed by atoms with E-state index >= 15 is 0 Å². The minimum absolute atomic E-state index is 0.0141. The van der Waals surface area contributed by atoms with Crippen molar-refractivity contribution < 1.29 is 14.3 Å². The highest BCUT2D eigenvalue weighted by Gasteiger charge is 2.32. The number of aromatic nitrogens is 5. The topological polar surface area (TPSA) is 118 Å². The molecule has 1 aliphatic heterocycles. The van der Waals surface area contributed by atoms with Gasteiger partial charge in [0, 0.05) is 25.7 Å². The van der Waals surface area contributed by atoms with Crippen molar-refractivity contribution in [3.63, 3.8) is 0 Å². The zero-order valence-corrected chi connectivity index (χ0v) is 17.9. The predicted octanol–water partition coefficient (Wildman–Crippen LogP) is 1.75. The standard InChI is InChI=1S/C22H24FN7O3/c23-15-7-6-14(17(10-15)30-13-24-12-26-30)11-25-20(32)18-19(31)21(33)29-9-8-28(22(29)27-18)16-4-2-1-3-5-16/h6-7,10,12-13,16,31H,1-5,8-9,11H2,(H,25,32). The molecule has 0 bridgehead atoms. The molecule has 33 heavy (non-hydrogen) atoms. The maximum Gasteiger partial charge on any atom is 0.298 e.